The van der Waals surface area contributed by atoms with Crippen LogP contribution in [0, 0.1) is 0 Å². The number of carbonyl (C=O) groups is 2. The Bertz CT molecular complexity index is 1670. The van der Waals surface area contributed by atoms with Gasteiger partial charge in [0.05, 0.1) is 5.69 Å². The van der Waals surface area contributed by atoms with E-state index in [0.717, 1.165) is 27.8 Å². The predicted octanol–water partition coefficient (Wildman–Crippen LogP) is 5.68. The van der Waals surface area contributed by atoms with Crippen molar-refractivity contribution in [1.29, 1.82) is 0 Å². The van der Waals surface area contributed by atoms with Gasteiger partial charge in [-0.25, -0.2) is 9.97 Å². The summed E-state index contributed by atoms with van der Waals surface area (Å²) in [5, 5.41) is 10.0. The van der Waals surface area contributed by atoms with Crippen LogP contribution in [-0.2, 0) is 4.79 Å². The van der Waals surface area contributed by atoms with Crippen LogP contribution in [0.5, 0.6) is 0 Å². The number of likely N-dealkylation sites (N-methyl/N-ethyl adjacent to an activating group) is 1. The van der Waals surface area contributed by atoms with E-state index in [1.54, 1.807) is 42.6 Å². The van der Waals surface area contributed by atoms with Crippen molar-refractivity contribution in [2.24, 2.45) is 0 Å². The van der Waals surface area contributed by atoms with Crippen molar-refractivity contribution in [3.05, 3.63) is 109 Å². The molecule has 0 aliphatic heterocycles. The summed E-state index contributed by atoms with van der Waals surface area (Å²) < 4.78 is 0. The van der Waals surface area contributed by atoms with Gasteiger partial charge in [0.2, 0.25) is 11.9 Å². The van der Waals surface area contributed by atoms with Crippen LogP contribution >= 0.6 is 0 Å². The number of hydrogen-bond acceptors (Lipinski definition) is 6. The average molecular weight is 532 g/mol. The lowest BCUT2D eigenvalue weighted by Gasteiger charge is -2.10. The normalized spacial score (nSPS) is 11.2. The summed E-state index contributed by atoms with van der Waals surface area (Å²) in [5.41, 5.74) is 5.25. The van der Waals surface area contributed by atoms with Gasteiger partial charge in [-0.2, -0.15) is 0 Å². The van der Waals surface area contributed by atoms with Crippen LogP contribution in [0.2, 0.25) is 0 Å². The third-order valence-electron chi connectivity index (χ3n) is 6.05. The molecule has 2 heterocycles. The van der Waals surface area contributed by atoms with Crippen molar-refractivity contribution in [3.8, 4) is 11.3 Å². The van der Waals surface area contributed by atoms with Crippen LogP contribution in [0.25, 0.3) is 22.2 Å². The SMILES string of the molecule is CN(C)C/C=C/C(=O)Nc1ccc(C(=O)Nc2cccc(Nc3nccc(-c4c[nH]c5ccccc45)n3)c2)cc1. The molecule has 9 nitrogen and oxygen atoms in total. The van der Waals surface area contributed by atoms with Gasteiger partial charge in [-0.15, -0.1) is 0 Å². The van der Waals surface area contributed by atoms with Gasteiger partial charge in [-0.05, 0) is 68.7 Å². The van der Waals surface area contributed by atoms with Gasteiger partial charge in [0.25, 0.3) is 5.91 Å². The van der Waals surface area contributed by atoms with Crippen LogP contribution in [0.15, 0.2) is 103 Å². The molecular formula is C31H29N7O2. The van der Waals surface area contributed by atoms with E-state index in [4.69, 9.17) is 0 Å². The fourth-order valence-electron chi connectivity index (χ4n) is 4.12. The number of aromatic nitrogens is 3. The summed E-state index contributed by atoms with van der Waals surface area (Å²) >= 11 is 0. The van der Waals surface area contributed by atoms with Gasteiger partial charge < -0.3 is 25.8 Å². The largest absolute Gasteiger partial charge is 0.360 e. The van der Waals surface area contributed by atoms with E-state index >= 15 is 0 Å². The minimum absolute atomic E-state index is 0.223. The van der Waals surface area contributed by atoms with Crippen molar-refractivity contribution in [3.63, 3.8) is 0 Å². The highest BCUT2D eigenvalue weighted by molar-refractivity contribution is 6.05. The smallest absolute Gasteiger partial charge is 0.255 e. The van der Waals surface area contributed by atoms with Crippen LogP contribution in [0.4, 0.5) is 23.0 Å². The first-order chi connectivity index (χ1) is 19.4. The van der Waals surface area contributed by atoms with E-state index in [-0.39, 0.29) is 11.8 Å². The predicted molar refractivity (Wildman–Crippen MR) is 160 cm³/mol. The number of anilines is 4. The average Bonchev–Trinajstić information content (AvgIpc) is 3.38. The Morgan fingerprint density at radius 3 is 2.52 bits per heavy atom. The number of fused-ring (bicyclic) bond motifs is 1. The van der Waals surface area contributed by atoms with Crippen LogP contribution in [-0.4, -0.2) is 52.3 Å². The number of aromatic amines is 1. The number of H-pyrrole nitrogens is 1. The summed E-state index contributed by atoms with van der Waals surface area (Å²) in [5.74, 6) is -0.0433. The van der Waals surface area contributed by atoms with Crippen LogP contribution in [0.1, 0.15) is 10.4 Å². The molecule has 0 saturated carbocycles. The third-order valence-corrected chi connectivity index (χ3v) is 6.05. The summed E-state index contributed by atoms with van der Waals surface area (Å²) in [6.07, 6.45) is 6.93. The Kier molecular flexibility index (Phi) is 7.94. The molecule has 0 fully saturated rings. The molecule has 2 amide bonds. The molecule has 9 heteroatoms. The molecule has 0 unspecified atom stereocenters. The molecular weight excluding hydrogens is 502 g/mol. The number of carbonyl (C=O) groups excluding carboxylic acids is 2. The Morgan fingerprint density at radius 1 is 0.900 bits per heavy atom. The highest BCUT2D eigenvalue weighted by atomic mass is 16.2. The Labute approximate surface area is 232 Å². The molecule has 2 aromatic heterocycles. The molecule has 0 aliphatic carbocycles. The van der Waals surface area contributed by atoms with E-state index in [9.17, 15) is 9.59 Å². The van der Waals surface area contributed by atoms with Crippen molar-refractivity contribution >= 4 is 45.7 Å². The highest BCUT2D eigenvalue weighted by Gasteiger charge is 2.10. The third kappa shape index (κ3) is 6.58. The first-order valence-corrected chi connectivity index (χ1v) is 12.7. The second kappa shape index (κ2) is 12.1. The molecule has 40 heavy (non-hydrogen) atoms. The van der Waals surface area contributed by atoms with E-state index in [2.05, 4.69) is 37.0 Å². The second-order valence-corrected chi connectivity index (χ2v) is 9.40. The van der Waals surface area contributed by atoms with Crippen molar-refractivity contribution < 1.29 is 9.59 Å². The minimum Gasteiger partial charge on any atom is -0.360 e. The molecule has 4 N–H and O–H groups in total. The van der Waals surface area contributed by atoms with E-state index in [0.29, 0.717) is 29.4 Å². The molecule has 0 spiro atoms. The Balaban J connectivity index is 1.22. The second-order valence-electron chi connectivity index (χ2n) is 9.40. The summed E-state index contributed by atoms with van der Waals surface area (Å²) in [7, 11) is 3.86. The molecule has 0 atom stereocenters. The monoisotopic (exact) mass is 531 g/mol. The van der Waals surface area contributed by atoms with Gasteiger partial charge in [0, 0.05) is 64.1 Å². The number of hydrogen-bond donors (Lipinski definition) is 4. The maximum Gasteiger partial charge on any atom is 0.255 e. The van der Waals surface area contributed by atoms with Crippen LogP contribution in [0.3, 0.4) is 0 Å². The van der Waals surface area contributed by atoms with Crippen molar-refractivity contribution in [2.45, 2.75) is 0 Å². The lowest BCUT2D eigenvalue weighted by molar-refractivity contribution is -0.111. The summed E-state index contributed by atoms with van der Waals surface area (Å²) in [6, 6.07) is 24.0. The van der Waals surface area contributed by atoms with Gasteiger partial charge in [0.15, 0.2) is 0 Å². The molecule has 5 aromatic rings. The van der Waals surface area contributed by atoms with Crippen molar-refractivity contribution in [1.82, 2.24) is 19.9 Å². The topological polar surface area (TPSA) is 115 Å². The van der Waals surface area contributed by atoms with Gasteiger partial charge in [-0.1, -0.05) is 30.3 Å². The molecule has 0 saturated heterocycles. The van der Waals surface area contributed by atoms with Crippen molar-refractivity contribution in [2.75, 3.05) is 36.6 Å². The number of rotatable bonds is 9. The zero-order valence-corrected chi connectivity index (χ0v) is 22.2. The van der Waals surface area contributed by atoms with E-state index in [1.165, 1.54) is 6.08 Å². The number of nitrogens with one attached hydrogen (secondary N) is 4. The first kappa shape index (κ1) is 26.3. The number of para-hydroxylation sites is 1. The minimum atomic E-state index is -0.265. The number of nitrogens with zero attached hydrogens (tertiary/aromatic N) is 3. The zero-order valence-electron chi connectivity index (χ0n) is 22.2. The molecule has 0 radical (unpaired) electrons. The number of benzene rings is 3. The maximum atomic E-state index is 12.8. The summed E-state index contributed by atoms with van der Waals surface area (Å²) in [4.78, 5) is 39.2. The van der Waals surface area contributed by atoms with Crippen LogP contribution < -0.4 is 16.0 Å². The lowest BCUT2D eigenvalue weighted by Crippen LogP contribution is -2.13. The fraction of sp³-hybridized carbons (Fsp3) is 0.0968. The number of amides is 2. The zero-order chi connectivity index (χ0) is 27.9. The van der Waals surface area contributed by atoms with E-state index in [1.807, 2.05) is 67.7 Å². The highest BCUT2D eigenvalue weighted by Crippen LogP contribution is 2.28. The fourth-order valence-corrected chi connectivity index (χ4v) is 4.12. The van der Waals surface area contributed by atoms with E-state index < -0.39 is 0 Å². The molecule has 0 aliphatic rings. The lowest BCUT2D eigenvalue weighted by atomic mass is 10.1. The molecule has 3 aromatic carbocycles. The molecule has 0 bridgehead atoms. The molecule has 5 rings (SSSR count). The Hall–Kier alpha value is -5.28. The molecule has 200 valence electrons. The van der Waals surface area contributed by atoms with Gasteiger partial charge >= 0.3 is 0 Å². The Morgan fingerprint density at radius 2 is 1.70 bits per heavy atom. The quantitative estimate of drug-likeness (QED) is 0.182. The van der Waals surface area contributed by atoms with Gasteiger partial charge in [0.1, 0.15) is 0 Å². The standard InChI is InChI=1S/C31H29N7O2/c1-38(2)18-6-11-29(39)34-22-14-12-21(13-15-22)30(40)35-23-7-5-8-24(19-23)36-31-32-17-16-28(37-31)26-20-33-27-10-4-3-9-25(26)27/h3-17,19-20,33H,18H2,1-2H3,(H,34,39)(H,35,40)(H,32,36,37)/b11-6+. The summed E-state index contributed by atoms with van der Waals surface area (Å²) in [6.45, 7) is 0.674. The van der Waals surface area contributed by atoms with Gasteiger partial charge in [-0.3, -0.25) is 9.59 Å². The first-order valence-electron chi connectivity index (χ1n) is 12.7. The maximum absolute atomic E-state index is 12.8.